The summed E-state index contributed by atoms with van der Waals surface area (Å²) in [6.45, 7) is 4.91. The average molecular weight is 592 g/mol. The Bertz CT molecular complexity index is 1630. The molecule has 7 nitrogen and oxygen atoms in total. The highest BCUT2D eigenvalue weighted by atomic mass is 79.9. The number of thioether (sulfide) groups is 1. The molecule has 196 valence electrons. The molecule has 6 rings (SSSR count). The molecule has 1 N–H and O–H groups in total. The fraction of sp³-hybridized carbons (Fsp3) is 0.379. The van der Waals surface area contributed by atoms with Crippen LogP contribution in [-0.4, -0.2) is 37.0 Å². The average Bonchev–Trinajstić information content (AvgIpc) is 3.39. The summed E-state index contributed by atoms with van der Waals surface area (Å²) in [5.74, 6) is 3.28. The molecule has 1 aliphatic heterocycles. The van der Waals surface area contributed by atoms with Crippen molar-refractivity contribution in [3.8, 4) is 11.4 Å². The van der Waals surface area contributed by atoms with Crippen molar-refractivity contribution in [3.05, 3.63) is 58.0 Å². The smallest absolute Gasteiger partial charge is 0.192 e. The van der Waals surface area contributed by atoms with E-state index in [1.807, 2.05) is 19.9 Å². The number of unbranched alkanes of at least 4 members (excludes halogenated alkanes) is 1. The van der Waals surface area contributed by atoms with Gasteiger partial charge in [-0.25, -0.2) is 4.98 Å². The summed E-state index contributed by atoms with van der Waals surface area (Å²) >= 11 is 5.58. The van der Waals surface area contributed by atoms with Gasteiger partial charge >= 0.3 is 0 Å². The molecule has 0 amide bonds. The van der Waals surface area contributed by atoms with E-state index in [4.69, 9.17) is 4.42 Å². The van der Waals surface area contributed by atoms with Crippen molar-refractivity contribution in [2.24, 2.45) is 13.0 Å². The fourth-order valence-electron chi connectivity index (χ4n) is 5.36. The van der Waals surface area contributed by atoms with E-state index in [0.29, 0.717) is 11.8 Å². The molecule has 0 saturated heterocycles. The second-order valence-electron chi connectivity index (χ2n) is 10.1. The summed E-state index contributed by atoms with van der Waals surface area (Å²) in [5, 5.41) is 14.8. The molecule has 0 aliphatic carbocycles. The molecule has 4 heterocycles. The highest BCUT2D eigenvalue weighted by Crippen LogP contribution is 2.37. The molecular formula is C29H31BrN6OS. The van der Waals surface area contributed by atoms with Crippen molar-refractivity contribution in [2.75, 3.05) is 17.6 Å². The Morgan fingerprint density at radius 1 is 1.13 bits per heavy atom. The molecule has 0 spiro atoms. The van der Waals surface area contributed by atoms with Crippen LogP contribution in [0.3, 0.4) is 0 Å². The van der Waals surface area contributed by atoms with E-state index in [0.717, 1.165) is 73.9 Å². The van der Waals surface area contributed by atoms with Crippen LogP contribution in [0.4, 0.5) is 5.69 Å². The first-order valence-electron chi connectivity index (χ1n) is 13.2. The van der Waals surface area contributed by atoms with Gasteiger partial charge in [-0.2, -0.15) is 0 Å². The number of benzene rings is 2. The van der Waals surface area contributed by atoms with Gasteiger partial charge in [-0.05, 0) is 72.2 Å². The number of hydrogen-bond donors (Lipinski definition) is 1. The van der Waals surface area contributed by atoms with Crippen molar-refractivity contribution in [1.82, 2.24) is 24.7 Å². The van der Waals surface area contributed by atoms with E-state index in [9.17, 15) is 0 Å². The number of hydrogen-bond acceptors (Lipinski definition) is 7. The van der Waals surface area contributed by atoms with Crippen LogP contribution in [0.15, 0.2) is 50.4 Å². The number of aromatic nitrogens is 5. The maximum atomic E-state index is 5.77. The van der Waals surface area contributed by atoms with E-state index in [2.05, 4.69) is 83.4 Å². The number of aryl methyl sites for hydroxylation is 2. The second-order valence-corrected chi connectivity index (χ2v) is 12.0. The van der Waals surface area contributed by atoms with Crippen molar-refractivity contribution in [3.63, 3.8) is 0 Å². The Morgan fingerprint density at radius 3 is 2.92 bits per heavy atom. The lowest BCUT2D eigenvalue weighted by Gasteiger charge is -2.14. The minimum atomic E-state index is 0.658. The Balaban J connectivity index is 1.03. The fourth-order valence-corrected chi connectivity index (χ4v) is 6.96. The van der Waals surface area contributed by atoms with E-state index in [1.54, 1.807) is 11.8 Å². The zero-order valence-electron chi connectivity index (χ0n) is 21.9. The number of pyridine rings is 1. The van der Waals surface area contributed by atoms with E-state index < -0.39 is 0 Å². The van der Waals surface area contributed by atoms with Gasteiger partial charge in [0.1, 0.15) is 5.52 Å². The first-order valence-corrected chi connectivity index (χ1v) is 15.0. The zero-order chi connectivity index (χ0) is 26.2. The number of anilines is 1. The number of nitrogens with zero attached hydrogens (tertiary/aromatic N) is 5. The Morgan fingerprint density at radius 2 is 2.03 bits per heavy atom. The normalized spacial score (nSPS) is 15.5. The molecule has 5 aromatic rings. The van der Waals surface area contributed by atoms with Crippen LogP contribution in [0, 0.1) is 19.8 Å². The lowest BCUT2D eigenvalue weighted by molar-refractivity contribution is 0.461. The van der Waals surface area contributed by atoms with E-state index >= 15 is 0 Å². The summed E-state index contributed by atoms with van der Waals surface area (Å²) in [4.78, 5) is 9.21. The summed E-state index contributed by atoms with van der Waals surface area (Å²) in [5.41, 5.74) is 7.35. The molecule has 2 aromatic carbocycles. The quantitative estimate of drug-likeness (QED) is 0.155. The first kappa shape index (κ1) is 25.4. The van der Waals surface area contributed by atoms with Gasteiger partial charge in [0.25, 0.3) is 0 Å². The molecule has 0 fully saturated rings. The van der Waals surface area contributed by atoms with Crippen LogP contribution < -0.4 is 5.32 Å². The maximum absolute atomic E-state index is 5.77. The molecule has 3 aromatic heterocycles. The number of halogens is 1. The third kappa shape index (κ3) is 4.94. The predicted molar refractivity (Wildman–Crippen MR) is 158 cm³/mol. The van der Waals surface area contributed by atoms with Crippen molar-refractivity contribution in [2.45, 2.75) is 51.1 Å². The van der Waals surface area contributed by atoms with Crippen LogP contribution in [0.2, 0.25) is 0 Å². The molecule has 1 aliphatic rings. The SMILES string of the molecule is Cc1ccc2c(-c3nnc(SCCCCC4CCc5c(cc6oc(C)nc6c5Br)NC4)n3C)cccc2n1. The lowest BCUT2D eigenvalue weighted by Crippen LogP contribution is -2.12. The number of nitrogens with one attached hydrogen (secondary N) is 1. The van der Waals surface area contributed by atoms with Gasteiger partial charge in [0, 0.05) is 54.7 Å². The summed E-state index contributed by atoms with van der Waals surface area (Å²) in [6, 6.07) is 12.5. The number of oxazole rings is 1. The summed E-state index contributed by atoms with van der Waals surface area (Å²) in [7, 11) is 2.05. The van der Waals surface area contributed by atoms with Gasteiger partial charge in [-0.3, -0.25) is 4.98 Å². The van der Waals surface area contributed by atoms with Gasteiger partial charge in [0.2, 0.25) is 0 Å². The molecule has 0 saturated carbocycles. The standard InChI is InChI=1S/C29H31BrN6OS/c1-17-10-12-20-21(8-6-9-23(20)32-17)28-34-35-29(36(28)3)38-14-5-4-7-19-11-13-22-24(31-16-19)15-25-27(26(22)30)33-18(2)37-25/h6,8-10,12,15,19,31H,4-5,7,11,13-14,16H2,1-3H3. The zero-order valence-corrected chi connectivity index (χ0v) is 24.3. The van der Waals surface area contributed by atoms with Crippen LogP contribution >= 0.6 is 27.7 Å². The minimum Gasteiger partial charge on any atom is -0.441 e. The summed E-state index contributed by atoms with van der Waals surface area (Å²) < 4.78 is 8.95. The molecule has 0 bridgehead atoms. The highest BCUT2D eigenvalue weighted by Gasteiger charge is 2.21. The third-order valence-electron chi connectivity index (χ3n) is 7.40. The lowest BCUT2D eigenvalue weighted by atomic mass is 9.96. The van der Waals surface area contributed by atoms with Gasteiger partial charge < -0.3 is 14.3 Å². The minimum absolute atomic E-state index is 0.658. The Hall–Kier alpha value is -2.91. The van der Waals surface area contributed by atoms with Crippen LogP contribution in [-0.2, 0) is 13.5 Å². The van der Waals surface area contributed by atoms with Crippen molar-refractivity contribution in [1.29, 1.82) is 0 Å². The highest BCUT2D eigenvalue weighted by molar-refractivity contribution is 9.10. The van der Waals surface area contributed by atoms with E-state index in [-0.39, 0.29) is 0 Å². The molecule has 0 radical (unpaired) electrons. The van der Waals surface area contributed by atoms with Crippen LogP contribution in [0.1, 0.15) is 42.8 Å². The number of fused-ring (bicyclic) bond motifs is 3. The van der Waals surface area contributed by atoms with Crippen LogP contribution in [0.25, 0.3) is 33.4 Å². The predicted octanol–water partition coefficient (Wildman–Crippen LogP) is 7.49. The van der Waals surface area contributed by atoms with Gasteiger partial charge in [0.05, 0.1) is 9.99 Å². The van der Waals surface area contributed by atoms with Crippen LogP contribution in [0.5, 0.6) is 0 Å². The van der Waals surface area contributed by atoms with Gasteiger partial charge in [0.15, 0.2) is 22.5 Å². The third-order valence-corrected chi connectivity index (χ3v) is 9.36. The van der Waals surface area contributed by atoms with E-state index in [1.165, 1.54) is 30.5 Å². The van der Waals surface area contributed by atoms with Crippen molar-refractivity contribution < 1.29 is 4.42 Å². The topological polar surface area (TPSA) is 81.7 Å². The molecular weight excluding hydrogens is 560 g/mol. The molecule has 9 heteroatoms. The Labute approximate surface area is 235 Å². The van der Waals surface area contributed by atoms with Crippen molar-refractivity contribution >= 4 is 55.4 Å². The summed E-state index contributed by atoms with van der Waals surface area (Å²) in [6.07, 6.45) is 5.82. The molecule has 1 atom stereocenters. The second kappa shape index (κ2) is 10.7. The first-order chi connectivity index (χ1) is 18.5. The largest absolute Gasteiger partial charge is 0.441 e. The van der Waals surface area contributed by atoms with Gasteiger partial charge in [-0.15, -0.1) is 10.2 Å². The monoisotopic (exact) mass is 590 g/mol. The number of rotatable bonds is 7. The van der Waals surface area contributed by atoms with Gasteiger partial charge in [-0.1, -0.05) is 36.4 Å². The Kier molecular flexibility index (Phi) is 7.14. The maximum Gasteiger partial charge on any atom is 0.192 e. The molecule has 1 unspecified atom stereocenters. The molecule has 38 heavy (non-hydrogen) atoms.